The van der Waals surface area contributed by atoms with E-state index in [0.29, 0.717) is 18.0 Å². The minimum atomic E-state index is -0.145. The number of allylic oxidation sites excluding steroid dienone is 1. The second-order valence-electron chi connectivity index (χ2n) is 7.44. The van der Waals surface area contributed by atoms with Crippen molar-refractivity contribution in [2.24, 2.45) is 5.92 Å². The number of nitrogens with one attached hydrogen (secondary N) is 1. The van der Waals surface area contributed by atoms with E-state index < -0.39 is 0 Å². The van der Waals surface area contributed by atoms with Crippen LogP contribution in [0.3, 0.4) is 0 Å². The molecule has 0 spiro atoms. The van der Waals surface area contributed by atoms with Crippen LogP contribution < -0.4 is 10.2 Å². The van der Waals surface area contributed by atoms with E-state index in [1.165, 1.54) is 0 Å². The Morgan fingerprint density at radius 1 is 1.19 bits per heavy atom. The molecule has 1 N–H and O–H groups in total. The Morgan fingerprint density at radius 2 is 1.96 bits per heavy atom. The average molecular weight is 358 g/mol. The van der Waals surface area contributed by atoms with Gasteiger partial charge in [-0.15, -0.1) is 0 Å². The average Bonchev–Trinajstić information content (AvgIpc) is 2.80. The molecule has 1 aliphatic heterocycles. The smallest absolute Gasteiger partial charge is 0.248 e. The monoisotopic (exact) mass is 358 g/mol. The molecule has 0 atom stereocenters. The maximum atomic E-state index is 12.3. The Labute approximate surface area is 156 Å². The van der Waals surface area contributed by atoms with Crippen LogP contribution in [0.15, 0.2) is 30.0 Å². The van der Waals surface area contributed by atoms with E-state index >= 15 is 0 Å². The Morgan fingerprint density at radius 3 is 2.58 bits per heavy atom. The Hall–Kier alpha value is -2.37. The largest absolute Gasteiger partial charge is 0.355 e. The first-order chi connectivity index (χ1) is 12.3. The fourth-order valence-electron chi connectivity index (χ4n) is 2.96. The quantitative estimate of drug-likeness (QED) is 0.822. The molecule has 0 unspecified atom stereocenters. The lowest BCUT2D eigenvalue weighted by atomic mass is 10.1. The molecule has 0 bridgehead atoms. The topological polar surface area (TPSA) is 65.5 Å². The van der Waals surface area contributed by atoms with Gasteiger partial charge in [-0.1, -0.05) is 19.4 Å². The van der Waals surface area contributed by atoms with Crippen LogP contribution in [0.5, 0.6) is 0 Å². The Kier molecular flexibility index (Phi) is 7.18. The number of carbonyl (C=O) groups excluding carboxylic acids is 2. The van der Waals surface area contributed by atoms with Crippen molar-refractivity contribution in [2.45, 2.75) is 40.5 Å². The zero-order valence-corrected chi connectivity index (χ0v) is 16.3. The molecule has 1 aromatic heterocycles. The summed E-state index contributed by atoms with van der Waals surface area (Å²) in [6, 6.07) is 3.79. The van der Waals surface area contributed by atoms with Crippen molar-refractivity contribution in [3.63, 3.8) is 0 Å². The fraction of sp³-hybridized carbons (Fsp3) is 0.550. The summed E-state index contributed by atoms with van der Waals surface area (Å²) in [6.45, 7) is 11.1. The molecule has 2 heterocycles. The molecular weight excluding hydrogens is 328 g/mol. The molecule has 2 rings (SSSR count). The highest BCUT2D eigenvalue weighted by Crippen LogP contribution is 2.17. The molecule has 0 aliphatic carbocycles. The number of amides is 2. The van der Waals surface area contributed by atoms with E-state index in [1.54, 1.807) is 12.3 Å². The van der Waals surface area contributed by atoms with Crippen molar-refractivity contribution >= 4 is 23.3 Å². The van der Waals surface area contributed by atoms with Crippen LogP contribution in [0.4, 0.5) is 11.5 Å². The van der Waals surface area contributed by atoms with Crippen LogP contribution in [0.2, 0.25) is 0 Å². The molecular formula is C20H30N4O2. The molecule has 1 saturated heterocycles. The molecule has 1 aromatic rings. The summed E-state index contributed by atoms with van der Waals surface area (Å²) in [7, 11) is 0. The van der Waals surface area contributed by atoms with Gasteiger partial charge in [-0.2, -0.15) is 0 Å². The highest BCUT2D eigenvalue weighted by molar-refractivity contribution is 5.99. The highest BCUT2D eigenvalue weighted by Gasteiger charge is 2.20. The summed E-state index contributed by atoms with van der Waals surface area (Å²) in [4.78, 5) is 32.7. The molecule has 2 amide bonds. The van der Waals surface area contributed by atoms with Gasteiger partial charge in [0, 0.05) is 38.7 Å². The molecule has 6 nitrogen and oxygen atoms in total. The van der Waals surface area contributed by atoms with Gasteiger partial charge in [0.25, 0.3) is 0 Å². The number of carbonyl (C=O) groups is 2. The zero-order chi connectivity index (χ0) is 19.1. The third-order valence-corrected chi connectivity index (χ3v) is 4.19. The number of rotatable bonds is 5. The number of pyridine rings is 1. The van der Waals surface area contributed by atoms with Crippen LogP contribution in [-0.4, -0.2) is 47.9 Å². The predicted octanol–water partition coefficient (Wildman–Crippen LogP) is 3.07. The third-order valence-electron chi connectivity index (χ3n) is 4.19. The van der Waals surface area contributed by atoms with E-state index in [4.69, 9.17) is 0 Å². The first kappa shape index (κ1) is 19.9. The standard InChI is InChI=1S/C20H30N4O2/c1-15(2)12-19(25)22-17-6-7-18(21-14-17)23-8-5-9-24(11-10-23)20(26)13-16(3)4/h6-7,12,14,16H,5,8-11,13H2,1-4H3,(H,22,25). The van der Waals surface area contributed by atoms with E-state index in [0.717, 1.165) is 44.0 Å². The number of hydrogen-bond donors (Lipinski definition) is 1. The van der Waals surface area contributed by atoms with Gasteiger partial charge in [-0.25, -0.2) is 4.98 Å². The molecule has 142 valence electrons. The second-order valence-corrected chi connectivity index (χ2v) is 7.44. The number of anilines is 2. The van der Waals surface area contributed by atoms with Crippen molar-refractivity contribution in [1.29, 1.82) is 0 Å². The fourth-order valence-corrected chi connectivity index (χ4v) is 2.96. The van der Waals surface area contributed by atoms with Gasteiger partial charge in [0.05, 0.1) is 11.9 Å². The molecule has 0 radical (unpaired) electrons. The first-order valence-corrected chi connectivity index (χ1v) is 9.30. The summed E-state index contributed by atoms with van der Waals surface area (Å²) in [5, 5.41) is 2.81. The summed E-state index contributed by atoms with van der Waals surface area (Å²) in [5.74, 6) is 1.36. The molecule has 0 aromatic carbocycles. The number of nitrogens with zero attached hydrogens (tertiary/aromatic N) is 3. The van der Waals surface area contributed by atoms with Gasteiger partial charge in [0.1, 0.15) is 5.82 Å². The van der Waals surface area contributed by atoms with Crippen molar-refractivity contribution in [3.8, 4) is 0 Å². The van der Waals surface area contributed by atoms with Crippen LogP contribution in [0.25, 0.3) is 0 Å². The van der Waals surface area contributed by atoms with Crippen LogP contribution in [0.1, 0.15) is 40.5 Å². The SMILES string of the molecule is CC(C)=CC(=O)Nc1ccc(N2CCCN(C(=O)CC(C)C)CC2)nc1. The highest BCUT2D eigenvalue weighted by atomic mass is 16.2. The summed E-state index contributed by atoms with van der Waals surface area (Å²) < 4.78 is 0. The van der Waals surface area contributed by atoms with E-state index in [9.17, 15) is 9.59 Å². The normalized spacial score (nSPS) is 14.8. The molecule has 26 heavy (non-hydrogen) atoms. The maximum absolute atomic E-state index is 12.3. The summed E-state index contributed by atoms with van der Waals surface area (Å²) in [5.41, 5.74) is 1.63. The molecule has 1 fully saturated rings. The third kappa shape index (κ3) is 6.17. The van der Waals surface area contributed by atoms with Gasteiger partial charge < -0.3 is 15.1 Å². The van der Waals surface area contributed by atoms with Crippen molar-refractivity contribution in [1.82, 2.24) is 9.88 Å². The first-order valence-electron chi connectivity index (χ1n) is 9.30. The van der Waals surface area contributed by atoms with Crippen LogP contribution >= 0.6 is 0 Å². The van der Waals surface area contributed by atoms with E-state index in [1.807, 2.05) is 30.9 Å². The van der Waals surface area contributed by atoms with E-state index in [2.05, 4.69) is 29.0 Å². The number of aromatic nitrogens is 1. The Bertz CT molecular complexity index is 648. The minimum Gasteiger partial charge on any atom is -0.355 e. The van der Waals surface area contributed by atoms with Gasteiger partial charge in [-0.05, 0) is 38.3 Å². The summed E-state index contributed by atoms with van der Waals surface area (Å²) in [6.07, 6.45) is 4.78. The predicted molar refractivity (Wildman–Crippen MR) is 105 cm³/mol. The Balaban J connectivity index is 1.94. The minimum absolute atomic E-state index is 0.145. The van der Waals surface area contributed by atoms with Crippen LogP contribution in [-0.2, 0) is 9.59 Å². The lowest BCUT2D eigenvalue weighted by Gasteiger charge is -2.23. The van der Waals surface area contributed by atoms with Crippen molar-refractivity contribution in [2.75, 3.05) is 36.4 Å². The van der Waals surface area contributed by atoms with Gasteiger partial charge >= 0.3 is 0 Å². The lowest BCUT2D eigenvalue weighted by Crippen LogP contribution is -2.35. The molecule has 1 aliphatic rings. The second kappa shape index (κ2) is 9.36. The molecule has 0 saturated carbocycles. The number of hydrogen-bond acceptors (Lipinski definition) is 4. The van der Waals surface area contributed by atoms with Crippen LogP contribution in [0, 0.1) is 5.92 Å². The maximum Gasteiger partial charge on any atom is 0.248 e. The summed E-state index contributed by atoms with van der Waals surface area (Å²) >= 11 is 0. The zero-order valence-electron chi connectivity index (χ0n) is 16.3. The van der Waals surface area contributed by atoms with Crippen molar-refractivity contribution < 1.29 is 9.59 Å². The van der Waals surface area contributed by atoms with Gasteiger partial charge in [0.15, 0.2) is 0 Å². The lowest BCUT2D eigenvalue weighted by molar-refractivity contribution is -0.131. The molecule has 6 heteroatoms. The van der Waals surface area contributed by atoms with Gasteiger partial charge in [-0.3, -0.25) is 9.59 Å². The van der Waals surface area contributed by atoms with Gasteiger partial charge in [0.2, 0.25) is 11.8 Å². The van der Waals surface area contributed by atoms with E-state index in [-0.39, 0.29) is 11.8 Å². The van der Waals surface area contributed by atoms with Crippen molar-refractivity contribution in [3.05, 3.63) is 30.0 Å².